The van der Waals surface area contributed by atoms with E-state index in [2.05, 4.69) is 15.0 Å². The van der Waals surface area contributed by atoms with Crippen LogP contribution in [0.15, 0.2) is 23.2 Å². The molecule has 2 rings (SSSR count). The summed E-state index contributed by atoms with van der Waals surface area (Å²) >= 11 is -0.0824. The largest absolute Gasteiger partial charge is 0.465 e. The van der Waals surface area contributed by atoms with Crippen LogP contribution >= 0.6 is 11.3 Å². The van der Waals surface area contributed by atoms with Gasteiger partial charge >= 0.3 is 18.1 Å². The number of halogens is 5. The quantitative estimate of drug-likeness (QED) is 0.408. The van der Waals surface area contributed by atoms with Gasteiger partial charge in [0.1, 0.15) is 15.6 Å². The van der Waals surface area contributed by atoms with Crippen LogP contribution in [0.2, 0.25) is 0 Å². The maximum Gasteiger partial charge on any atom is 0.458 e. The number of sulfone groups is 1. The molecule has 0 saturated heterocycles. The number of carbonyl (C=O) groups excluding carboxylic acids is 2. The summed E-state index contributed by atoms with van der Waals surface area (Å²) < 4.78 is 95.6. The highest BCUT2D eigenvalue weighted by atomic mass is 32.2. The van der Waals surface area contributed by atoms with Gasteiger partial charge in [0, 0.05) is 20.5 Å². The normalized spacial score (nSPS) is 12.4. The first-order chi connectivity index (χ1) is 15.6. The van der Waals surface area contributed by atoms with Crippen LogP contribution in [0.3, 0.4) is 0 Å². The summed E-state index contributed by atoms with van der Waals surface area (Å²) in [5.41, 5.74) is -0.120. The van der Waals surface area contributed by atoms with Crippen LogP contribution < -0.4 is 10.2 Å². The van der Waals surface area contributed by atoms with Crippen LogP contribution in [-0.2, 0) is 31.8 Å². The first-order valence-electron chi connectivity index (χ1n) is 9.43. The van der Waals surface area contributed by atoms with Crippen LogP contribution in [0.5, 0.6) is 0 Å². The lowest BCUT2D eigenvalue weighted by molar-refractivity contribution is -0.287. The molecule has 0 radical (unpaired) electrons. The van der Waals surface area contributed by atoms with E-state index in [1.165, 1.54) is 33.2 Å². The molecule has 0 aliphatic rings. The number of aromatic nitrogens is 1. The summed E-state index contributed by atoms with van der Waals surface area (Å²) in [6.07, 6.45) is -4.71. The van der Waals surface area contributed by atoms with E-state index < -0.39 is 50.1 Å². The van der Waals surface area contributed by atoms with Gasteiger partial charge in [-0.05, 0) is 17.7 Å². The highest BCUT2D eigenvalue weighted by molar-refractivity contribution is 7.91. The van der Waals surface area contributed by atoms with E-state index in [1.807, 2.05) is 0 Å². The summed E-state index contributed by atoms with van der Waals surface area (Å²) in [6.45, 7) is 2.09. The highest BCUT2D eigenvalue weighted by Crippen LogP contribution is 2.47. The lowest BCUT2D eigenvalue weighted by Gasteiger charge is -2.18. The third-order valence-electron chi connectivity index (χ3n) is 4.70. The first kappa shape index (κ1) is 27.4. The molecule has 34 heavy (non-hydrogen) atoms. The third-order valence-corrected chi connectivity index (χ3v) is 7.67. The van der Waals surface area contributed by atoms with E-state index in [0.29, 0.717) is 6.07 Å². The number of amides is 1. The Labute approximate surface area is 195 Å². The van der Waals surface area contributed by atoms with Gasteiger partial charge in [0.05, 0.1) is 29.6 Å². The van der Waals surface area contributed by atoms with Gasteiger partial charge in [-0.15, -0.1) is 11.3 Å². The molecular weight excluding hydrogens is 509 g/mol. The van der Waals surface area contributed by atoms with Crippen LogP contribution in [0.25, 0.3) is 0 Å². The average molecular weight is 530 g/mol. The van der Waals surface area contributed by atoms with E-state index >= 15 is 0 Å². The van der Waals surface area contributed by atoms with Gasteiger partial charge in [0.25, 0.3) is 0 Å². The molecule has 188 valence electrons. The van der Waals surface area contributed by atoms with Crippen molar-refractivity contribution < 1.29 is 44.7 Å². The molecule has 1 amide bonds. The Morgan fingerprint density at radius 3 is 2.32 bits per heavy atom. The molecule has 0 atom stereocenters. The molecule has 1 N–H and O–H groups in total. The number of carbonyl (C=O) groups is 2. The van der Waals surface area contributed by atoms with Gasteiger partial charge in [-0.3, -0.25) is 4.79 Å². The van der Waals surface area contributed by atoms with Crippen molar-refractivity contribution >= 4 is 44.6 Å². The third kappa shape index (κ3) is 5.46. The number of thiophene rings is 1. The Morgan fingerprint density at radius 2 is 1.82 bits per heavy atom. The van der Waals surface area contributed by atoms with Crippen LogP contribution in [0, 0.1) is 0 Å². The molecule has 0 aliphatic heterocycles. The Balaban J connectivity index is 2.52. The minimum atomic E-state index is -5.89. The smallest absolute Gasteiger partial charge is 0.458 e. The minimum absolute atomic E-state index is 0.0824. The van der Waals surface area contributed by atoms with Gasteiger partial charge in [0.2, 0.25) is 5.91 Å². The fraction of sp³-hybridized carbons (Fsp3) is 0.421. The molecule has 2 heterocycles. The Kier molecular flexibility index (Phi) is 7.92. The predicted molar refractivity (Wildman–Crippen MR) is 114 cm³/mol. The van der Waals surface area contributed by atoms with E-state index in [9.17, 15) is 40.0 Å². The zero-order valence-corrected chi connectivity index (χ0v) is 19.9. The second-order valence-electron chi connectivity index (χ2n) is 6.90. The van der Waals surface area contributed by atoms with E-state index in [-0.39, 0.29) is 39.1 Å². The van der Waals surface area contributed by atoms with Crippen molar-refractivity contribution in [1.29, 1.82) is 0 Å². The molecule has 0 aromatic carbocycles. The topological polar surface area (TPSA) is 106 Å². The van der Waals surface area contributed by atoms with Crippen molar-refractivity contribution in [2.45, 2.75) is 37.4 Å². The number of alkyl halides is 5. The molecule has 0 unspecified atom stereocenters. The Morgan fingerprint density at radius 1 is 1.21 bits per heavy atom. The molecular formula is C19H20F5N3O5S2. The van der Waals surface area contributed by atoms with Crippen molar-refractivity contribution in [3.63, 3.8) is 0 Å². The maximum atomic E-state index is 13.8. The minimum Gasteiger partial charge on any atom is -0.465 e. The van der Waals surface area contributed by atoms with Gasteiger partial charge < -0.3 is 15.0 Å². The summed E-state index contributed by atoms with van der Waals surface area (Å²) in [6, 6.07) is 1.68. The van der Waals surface area contributed by atoms with Crippen LogP contribution in [0.1, 0.15) is 34.0 Å². The zero-order valence-electron chi connectivity index (χ0n) is 18.3. The van der Waals surface area contributed by atoms with E-state index in [1.54, 1.807) is 0 Å². The molecule has 2 aromatic heterocycles. The van der Waals surface area contributed by atoms with Crippen molar-refractivity contribution in [3.05, 3.63) is 33.6 Å². The highest BCUT2D eigenvalue weighted by Gasteiger charge is 2.60. The molecule has 15 heteroatoms. The van der Waals surface area contributed by atoms with Crippen molar-refractivity contribution in [1.82, 2.24) is 4.98 Å². The molecule has 2 aromatic rings. The number of anilines is 2. The van der Waals surface area contributed by atoms with Gasteiger partial charge in [0.15, 0.2) is 9.84 Å². The summed E-state index contributed by atoms with van der Waals surface area (Å²) in [5.74, 6) is -7.34. The van der Waals surface area contributed by atoms with Crippen LogP contribution in [0.4, 0.5) is 33.5 Å². The fourth-order valence-corrected chi connectivity index (χ4v) is 4.75. The first-order valence-corrected chi connectivity index (χ1v) is 11.9. The number of hydrogen-bond donors (Lipinski definition) is 1. The number of esters is 1. The van der Waals surface area contributed by atoms with Crippen molar-refractivity contribution in [2.24, 2.45) is 0 Å². The molecule has 0 bridgehead atoms. The number of ether oxygens (including phenoxy) is 1. The number of pyridine rings is 1. The summed E-state index contributed by atoms with van der Waals surface area (Å²) in [4.78, 5) is 26.4. The number of nitrogens with zero attached hydrogens (tertiary/aromatic N) is 2. The number of rotatable bonds is 8. The van der Waals surface area contributed by atoms with E-state index in [4.69, 9.17) is 0 Å². The lowest BCUT2D eigenvalue weighted by atomic mass is 10.2. The average Bonchev–Trinajstić information content (AvgIpc) is 3.20. The van der Waals surface area contributed by atoms with Gasteiger partial charge in [-0.25, -0.2) is 18.2 Å². The molecule has 0 spiro atoms. The number of hydrogen-bond acceptors (Lipinski definition) is 8. The molecule has 8 nitrogen and oxygen atoms in total. The zero-order chi connectivity index (χ0) is 26.1. The van der Waals surface area contributed by atoms with Gasteiger partial charge in [-0.1, -0.05) is 6.92 Å². The number of nitrogens with one attached hydrogen (secondary N) is 1. The summed E-state index contributed by atoms with van der Waals surface area (Å²) in [7, 11) is -1.58. The molecule has 0 saturated carbocycles. The molecule has 0 fully saturated rings. The van der Waals surface area contributed by atoms with Gasteiger partial charge in [-0.2, -0.15) is 22.0 Å². The SMILES string of the molecule is CCS(=O)(=O)c1cc(N(C)C(C)=O)cnc1NCc1cc(C(F)(F)C(F)(F)F)sc1C(=O)OC. The maximum absolute atomic E-state index is 13.8. The van der Waals surface area contributed by atoms with E-state index in [0.717, 1.165) is 12.0 Å². The fourth-order valence-electron chi connectivity index (χ4n) is 2.62. The second kappa shape index (κ2) is 9.82. The Hall–Kier alpha value is -2.81. The standard InChI is InChI=1S/C19H20F5N3O5S2/c1-5-34(30,31)13-7-12(27(3)10(2)28)9-26-16(13)25-8-11-6-14(18(20,21)19(22,23)24)33-15(11)17(29)32-4/h6-7,9H,5,8H2,1-4H3,(H,25,26). The lowest BCUT2D eigenvalue weighted by Crippen LogP contribution is -2.32. The second-order valence-corrected chi connectivity index (χ2v) is 10.2. The van der Waals surface area contributed by atoms with Crippen molar-refractivity contribution in [2.75, 3.05) is 30.1 Å². The summed E-state index contributed by atoms with van der Waals surface area (Å²) in [5, 5.41) is 2.57. The van der Waals surface area contributed by atoms with Crippen LogP contribution in [-0.4, -0.2) is 51.4 Å². The monoisotopic (exact) mass is 529 g/mol. The predicted octanol–water partition coefficient (Wildman–Crippen LogP) is 3.97. The van der Waals surface area contributed by atoms with Crippen molar-refractivity contribution in [3.8, 4) is 0 Å². The number of methoxy groups -OCH3 is 1. The molecule has 0 aliphatic carbocycles. The Bertz CT molecular complexity index is 1200.